The summed E-state index contributed by atoms with van der Waals surface area (Å²) in [4.78, 5) is 28.9. The average molecular weight is 716 g/mol. The zero-order valence-corrected chi connectivity index (χ0v) is 30.3. The van der Waals surface area contributed by atoms with Gasteiger partial charge in [0, 0.05) is 36.8 Å². The van der Waals surface area contributed by atoms with Crippen LogP contribution < -0.4 is 10.6 Å². The van der Waals surface area contributed by atoms with Crippen LogP contribution in [0.3, 0.4) is 0 Å². The Morgan fingerprint density at radius 1 is 0.960 bits per heavy atom. The Hall–Kier alpha value is -3.39. The third-order valence-electron chi connectivity index (χ3n) is 9.14. The third-order valence-corrected chi connectivity index (χ3v) is 11.3. The van der Waals surface area contributed by atoms with Crippen molar-refractivity contribution >= 4 is 22.4 Å². The Bertz CT molecular complexity index is 1630. The van der Waals surface area contributed by atoms with E-state index < -0.39 is 58.2 Å². The summed E-state index contributed by atoms with van der Waals surface area (Å²) in [5, 5.41) is 27.0. The monoisotopic (exact) mass is 715 g/mol. The average Bonchev–Trinajstić information content (AvgIpc) is 3.04. The number of aryl methyl sites for hydroxylation is 1. The maximum absolute atomic E-state index is 14.2. The molecule has 3 aromatic carbocycles. The van der Waals surface area contributed by atoms with Crippen molar-refractivity contribution in [2.45, 2.75) is 89.0 Å². The van der Waals surface area contributed by atoms with Crippen LogP contribution in [-0.2, 0) is 12.2 Å². The number of aliphatic hydroxyl groups is 2. The van der Waals surface area contributed by atoms with Crippen molar-refractivity contribution in [3.8, 4) is 0 Å². The lowest BCUT2D eigenvalue weighted by molar-refractivity contribution is 0.0755. The van der Waals surface area contributed by atoms with Gasteiger partial charge in [-0.15, -0.1) is 0 Å². The molecule has 274 valence electrons. The first kappa shape index (κ1) is 39.4. The number of benzene rings is 3. The lowest BCUT2D eigenvalue weighted by Gasteiger charge is -2.48. The Labute approximate surface area is 295 Å². The fraction of sp³-hybridized carbons (Fsp3) is 0.474. The fourth-order valence-corrected chi connectivity index (χ4v) is 8.45. The minimum absolute atomic E-state index is 0.00782. The summed E-state index contributed by atoms with van der Waals surface area (Å²) in [6.07, 6.45) is 0.0878. The lowest BCUT2D eigenvalue weighted by Crippen LogP contribution is -2.51. The van der Waals surface area contributed by atoms with Crippen LogP contribution in [-0.4, -0.2) is 79.7 Å². The highest BCUT2D eigenvalue weighted by molar-refractivity contribution is 8.24. The molecule has 6 N–H and O–H groups in total. The molecule has 0 unspecified atom stereocenters. The van der Waals surface area contributed by atoms with Crippen LogP contribution in [0.1, 0.15) is 101 Å². The zero-order valence-electron chi connectivity index (χ0n) is 29.5. The molecular formula is C38H51F2N3O6S. The number of halogens is 2. The number of carbonyl (C=O) groups is 2. The van der Waals surface area contributed by atoms with Gasteiger partial charge in [-0.05, 0) is 90.3 Å². The first-order valence-electron chi connectivity index (χ1n) is 17.2. The number of amides is 2. The molecule has 50 heavy (non-hydrogen) atoms. The van der Waals surface area contributed by atoms with E-state index in [1.165, 1.54) is 6.07 Å². The predicted octanol–water partition coefficient (Wildman–Crippen LogP) is 6.32. The zero-order chi connectivity index (χ0) is 36.7. The highest BCUT2D eigenvalue weighted by atomic mass is 32.3. The van der Waals surface area contributed by atoms with Gasteiger partial charge in [0.15, 0.2) is 0 Å². The second-order valence-corrected chi connectivity index (χ2v) is 15.9. The van der Waals surface area contributed by atoms with Gasteiger partial charge in [-0.3, -0.25) is 18.7 Å². The highest BCUT2D eigenvalue weighted by Gasteiger charge is 2.40. The number of carbonyl (C=O) groups excluding carboxylic acids is 2. The van der Waals surface area contributed by atoms with E-state index in [9.17, 15) is 37.7 Å². The Morgan fingerprint density at radius 2 is 1.60 bits per heavy atom. The molecule has 1 heterocycles. The molecule has 0 spiro atoms. The van der Waals surface area contributed by atoms with Crippen molar-refractivity contribution in [3.05, 3.63) is 105 Å². The van der Waals surface area contributed by atoms with E-state index in [4.69, 9.17) is 0 Å². The second-order valence-electron chi connectivity index (χ2n) is 13.6. The SMILES string of the molecule is CCCN(CCC)C(=O)c1cc(C)cc(C(=O)N[C@@H](Cc2cc(F)cc(F)c2)[C@H](O)CN[C@H]2c3cc(C(C)C)ccc3CS(O)(O)[C@H]2CO)c1. The van der Waals surface area contributed by atoms with Crippen LogP contribution in [0, 0.1) is 18.6 Å². The molecule has 12 heteroatoms. The topological polar surface area (TPSA) is 142 Å². The van der Waals surface area contributed by atoms with Crippen molar-refractivity contribution in [1.29, 1.82) is 0 Å². The summed E-state index contributed by atoms with van der Waals surface area (Å²) >= 11 is 0. The maximum atomic E-state index is 14.2. The standard InChI is InChI=1S/C38H51F2N3O6S/c1-6-10-43(11-7-2)38(47)29-13-24(5)12-28(17-29)37(46)42-33(16-25-14-30(39)19-31(40)15-25)34(45)20-41-36-32-18-26(23(3)4)8-9-27(32)22-50(48,49)35(36)21-44/h8-9,12-15,17-19,23,33-36,41,44-45,48-49H,6-7,10-11,16,20-22H2,1-5H3,(H,42,46)/t33-,34+,35-,36-/m0/s1. The van der Waals surface area contributed by atoms with Gasteiger partial charge in [0.25, 0.3) is 11.8 Å². The summed E-state index contributed by atoms with van der Waals surface area (Å²) < 4.78 is 50.4. The fourth-order valence-electron chi connectivity index (χ4n) is 6.60. The van der Waals surface area contributed by atoms with E-state index in [1.54, 1.807) is 24.0 Å². The number of nitrogens with one attached hydrogen (secondary N) is 2. The minimum atomic E-state index is -3.26. The second kappa shape index (κ2) is 17.2. The number of aliphatic hydroxyl groups excluding tert-OH is 2. The van der Waals surface area contributed by atoms with E-state index in [2.05, 4.69) is 10.6 Å². The van der Waals surface area contributed by atoms with Crippen molar-refractivity contribution in [2.24, 2.45) is 0 Å². The van der Waals surface area contributed by atoms with E-state index in [0.29, 0.717) is 29.8 Å². The van der Waals surface area contributed by atoms with Crippen LogP contribution in [0.25, 0.3) is 0 Å². The molecule has 0 aliphatic carbocycles. The summed E-state index contributed by atoms with van der Waals surface area (Å²) in [7, 11) is -3.26. The van der Waals surface area contributed by atoms with Gasteiger partial charge in [-0.1, -0.05) is 45.9 Å². The van der Waals surface area contributed by atoms with Crippen molar-refractivity contribution in [3.63, 3.8) is 0 Å². The maximum Gasteiger partial charge on any atom is 0.253 e. The lowest BCUT2D eigenvalue weighted by atomic mass is 9.91. The summed E-state index contributed by atoms with van der Waals surface area (Å²) in [5.41, 5.74) is 3.95. The molecule has 1 aliphatic heterocycles. The van der Waals surface area contributed by atoms with E-state index in [1.807, 2.05) is 45.9 Å². The molecule has 0 bridgehead atoms. The largest absolute Gasteiger partial charge is 0.394 e. The van der Waals surface area contributed by atoms with E-state index in [0.717, 1.165) is 42.2 Å². The molecule has 4 atom stereocenters. The number of hydrogen-bond acceptors (Lipinski definition) is 7. The van der Waals surface area contributed by atoms with Gasteiger partial charge in [-0.2, -0.15) is 10.6 Å². The van der Waals surface area contributed by atoms with Gasteiger partial charge in [0.1, 0.15) is 11.6 Å². The molecule has 3 aromatic rings. The summed E-state index contributed by atoms with van der Waals surface area (Å²) in [5.74, 6) is -2.22. The third kappa shape index (κ3) is 9.68. The molecule has 0 aromatic heterocycles. The van der Waals surface area contributed by atoms with Crippen LogP contribution in [0.5, 0.6) is 0 Å². The van der Waals surface area contributed by atoms with Gasteiger partial charge in [0.2, 0.25) is 0 Å². The molecule has 1 aliphatic rings. The van der Waals surface area contributed by atoms with Crippen molar-refractivity contribution in [2.75, 3.05) is 26.2 Å². The quantitative estimate of drug-likeness (QED) is 0.108. The smallest absolute Gasteiger partial charge is 0.253 e. The Morgan fingerprint density at radius 3 is 2.20 bits per heavy atom. The normalized spacial score (nSPS) is 18.6. The van der Waals surface area contributed by atoms with Crippen LogP contribution in [0.2, 0.25) is 0 Å². The molecule has 0 saturated carbocycles. The van der Waals surface area contributed by atoms with Gasteiger partial charge in [-0.25, -0.2) is 8.78 Å². The summed E-state index contributed by atoms with van der Waals surface area (Å²) in [6.45, 7) is 10.3. The number of nitrogens with zero attached hydrogens (tertiary/aromatic N) is 1. The Balaban J connectivity index is 1.64. The highest BCUT2D eigenvalue weighted by Crippen LogP contribution is 2.56. The molecular weight excluding hydrogens is 664 g/mol. The van der Waals surface area contributed by atoms with E-state index >= 15 is 0 Å². The molecule has 9 nitrogen and oxygen atoms in total. The van der Waals surface area contributed by atoms with Crippen LogP contribution >= 0.6 is 10.6 Å². The van der Waals surface area contributed by atoms with Gasteiger partial charge in [0.05, 0.1) is 35.8 Å². The molecule has 0 saturated heterocycles. The minimum Gasteiger partial charge on any atom is -0.394 e. The van der Waals surface area contributed by atoms with Crippen molar-refractivity contribution in [1.82, 2.24) is 15.5 Å². The number of hydrogen-bond donors (Lipinski definition) is 6. The molecule has 4 rings (SSSR count). The molecule has 0 radical (unpaired) electrons. The molecule has 2 amide bonds. The van der Waals surface area contributed by atoms with Gasteiger partial charge >= 0.3 is 0 Å². The van der Waals surface area contributed by atoms with Crippen LogP contribution in [0.15, 0.2) is 54.6 Å². The number of fused-ring (bicyclic) bond motifs is 1. The Kier molecular flexibility index (Phi) is 13.6. The van der Waals surface area contributed by atoms with E-state index in [-0.39, 0.29) is 41.7 Å². The van der Waals surface area contributed by atoms with Crippen LogP contribution in [0.4, 0.5) is 8.78 Å². The first-order valence-corrected chi connectivity index (χ1v) is 19.0. The number of rotatable bonds is 15. The molecule has 0 fully saturated rings. The first-order chi connectivity index (χ1) is 23.7. The van der Waals surface area contributed by atoms with Crippen molar-refractivity contribution < 1.29 is 37.7 Å². The van der Waals surface area contributed by atoms with Gasteiger partial charge < -0.3 is 25.7 Å². The summed E-state index contributed by atoms with van der Waals surface area (Å²) in [6, 6.07) is 11.8. The predicted molar refractivity (Wildman–Crippen MR) is 194 cm³/mol.